The molecule has 6 rings (SSSR count). The normalized spacial score (nSPS) is 35.1. The van der Waals surface area contributed by atoms with E-state index in [9.17, 15) is 4.79 Å². The summed E-state index contributed by atoms with van der Waals surface area (Å²) in [6, 6.07) is 10.7. The van der Waals surface area contributed by atoms with Crippen LogP contribution in [0.25, 0.3) is 10.9 Å². The van der Waals surface area contributed by atoms with Gasteiger partial charge in [0.1, 0.15) is 5.69 Å². The van der Waals surface area contributed by atoms with E-state index in [1.807, 2.05) is 30.3 Å². The molecule has 2 bridgehead atoms. The van der Waals surface area contributed by atoms with Gasteiger partial charge >= 0.3 is 0 Å². The van der Waals surface area contributed by atoms with E-state index in [0.717, 1.165) is 43.0 Å². The Labute approximate surface area is 165 Å². The third-order valence-corrected chi connectivity index (χ3v) is 7.92. The number of benzene rings is 1. The van der Waals surface area contributed by atoms with Crippen molar-refractivity contribution in [3.05, 3.63) is 36.0 Å². The number of H-pyrrole nitrogens is 1. The monoisotopic (exact) mass is 379 g/mol. The molecule has 28 heavy (non-hydrogen) atoms. The first kappa shape index (κ1) is 17.0. The van der Waals surface area contributed by atoms with Gasteiger partial charge in [0.2, 0.25) is 0 Å². The molecule has 1 aromatic heterocycles. The Kier molecular flexibility index (Phi) is 3.85. The predicted molar refractivity (Wildman–Crippen MR) is 108 cm³/mol. The molecule has 1 amide bonds. The van der Waals surface area contributed by atoms with Gasteiger partial charge in [0.15, 0.2) is 0 Å². The molecule has 2 N–H and O–H groups in total. The molecule has 4 heterocycles. The minimum atomic E-state index is -0.00123. The van der Waals surface area contributed by atoms with E-state index >= 15 is 0 Å². The highest BCUT2D eigenvalue weighted by Crippen LogP contribution is 2.55. The highest BCUT2D eigenvalue weighted by Gasteiger charge is 2.63. The number of aromatic nitrogens is 1. The number of carbonyl (C=O) groups excluding carboxylic acids is 1. The zero-order chi connectivity index (χ0) is 18.7. The number of carbonyl (C=O) groups is 1. The summed E-state index contributed by atoms with van der Waals surface area (Å²) in [4.78, 5) is 18.7. The third-order valence-electron chi connectivity index (χ3n) is 7.92. The van der Waals surface area contributed by atoms with Gasteiger partial charge in [0, 0.05) is 48.4 Å². The lowest BCUT2D eigenvalue weighted by molar-refractivity contribution is -0.000875. The summed E-state index contributed by atoms with van der Waals surface area (Å²) in [5.41, 5.74) is 1.74. The number of likely N-dealkylation sites (tertiary alicyclic amines) is 1. The molecule has 0 unspecified atom stereocenters. The Balaban J connectivity index is 1.15. The summed E-state index contributed by atoms with van der Waals surface area (Å²) in [6.45, 7) is 3.00. The van der Waals surface area contributed by atoms with Crippen molar-refractivity contribution in [3.63, 3.8) is 0 Å². The van der Waals surface area contributed by atoms with Gasteiger partial charge in [-0.1, -0.05) is 31.0 Å². The molecule has 3 aliphatic heterocycles. The second kappa shape index (κ2) is 6.33. The Hall–Kier alpha value is -1.85. The number of para-hydroxylation sites is 1. The van der Waals surface area contributed by atoms with Crippen LogP contribution in [0.15, 0.2) is 30.3 Å². The quantitative estimate of drug-likeness (QED) is 0.857. The summed E-state index contributed by atoms with van der Waals surface area (Å²) in [5.74, 6) is 1.03. The minimum absolute atomic E-state index is 0.00123. The second-order valence-corrected chi connectivity index (χ2v) is 9.38. The molecule has 1 spiro atoms. The first-order valence-electron chi connectivity index (χ1n) is 11.0. The highest BCUT2D eigenvalue weighted by molar-refractivity contribution is 5.97. The van der Waals surface area contributed by atoms with Crippen LogP contribution in [0.4, 0.5) is 0 Å². The van der Waals surface area contributed by atoms with Crippen LogP contribution in [0.2, 0.25) is 0 Å². The van der Waals surface area contributed by atoms with Crippen molar-refractivity contribution in [3.8, 4) is 0 Å². The van der Waals surface area contributed by atoms with Crippen LogP contribution in [0.5, 0.6) is 0 Å². The first-order valence-corrected chi connectivity index (χ1v) is 11.0. The molecule has 1 saturated carbocycles. The summed E-state index contributed by atoms with van der Waals surface area (Å²) >= 11 is 0. The highest BCUT2D eigenvalue weighted by atomic mass is 16.5. The van der Waals surface area contributed by atoms with Gasteiger partial charge in [-0.05, 0) is 37.8 Å². The van der Waals surface area contributed by atoms with E-state index in [1.54, 1.807) is 0 Å². The Morgan fingerprint density at radius 1 is 1.25 bits per heavy atom. The minimum Gasteiger partial charge on any atom is -0.370 e. The maximum Gasteiger partial charge on any atom is 0.267 e. The predicted octanol–water partition coefficient (Wildman–Crippen LogP) is 3.32. The van der Waals surface area contributed by atoms with Crippen LogP contribution in [0.3, 0.4) is 0 Å². The standard InChI is InChI=1S/C23H29N3O2/c27-22(20-11-15-5-1-4-8-19(15)25-20)24-12-17-18-13-26(16-6-2-3-7-16)14-23(18)10-9-21(17)28-23/h1,4-5,8,11,16-18,21,25H,2-3,6-7,9-10,12-14H2,(H,24,27)/t17-,18+,21+,23+/m0/s1. The number of nitrogens with zero attached hydrogens (tertiary/aromatic N) is 1. The van der Waals surface area contributed by atoms with Crippen LogP contribution in [-0.2, 0) is 4.74 Å². The number of fused-ring (bicyclic) bond motifs is 2. The summed E-state index contributed by atoms with van der Waals surface area (Å²) in [7, 11) is 0. The maximum absolute atomic E-state index is 12.7. The molecule has 2 aromatic rings. The fourth-order valence-corrected chi connectivity index (χ4v) is 6.55. The molecule has 148 valence electrons. The van der Waals surface area contributed by atoms with Gasteiger partial charge in [-0.3, -0.25) is 9.69 Å². The van der Waals surface area contributed by atoms with E-state index < -0.39 is 0 Å². The van der Waals surface area contributed by atoms with Gasteiger partial charge in [-0.25, -0.2) is 0 Å². The van der Waals surface area contributed by atoms with Crippen LogP contribution in [-0.4, -0.2) is 53.2 Å². The molecule has 0 radical (unpaired) electrons. The smallest absolute Gasteiger partial charge is 0.267 e. The fraction of sp³-hybridized carbons (Fsp3) is 0.609. The Morgan fingerprint density at radius 3 is 2.96 bits per heavy atom. The molecule has 1 aromatic carbocycles. The molecule has 4 atom stereocenters. The largest absolute Gasteiger partial charge is 0.370 e. The molecular formula is C23H29N3O2. The molecule has 4 aliphatic rings. The van der Waals surface area contributed by atoms with Crippen molar-refractivity contribution < 1.29 is 9.53 Å². The molecular weight excluding hydrogens is 350 g/mol. The molecule has 5 heteroatoms. The van der Waals surface area contributed by atoms with Crippen molar-refractivity contribution in [2.45, 2.75) is 56.3 Å². The lowest BCUT2D eigenvalue weighted by Gasteiger charge is -2.29. The zero-order valence-corrected chi connectivity index (χ0v) is 16.3. The third kappa shape index (κ3) is 2.56. The first-order chi connectivity index (χ1) is 13.7. The van der Waals surface area contributed by atoms with E-state index in [-0.39, 0.29) is 11.5 Å². The van der Waals surface area contributed by atoms with Crippen molar-refractivity contribution in [2.75, 3.05) is 19.6 Å². The number of ether oxygens (including phenoxy) is 1. The second-order valence-electron chi connectivity index (χ2n) is 9.38. The fourth-order valence-electron chi connectivity index (χ4n) is 6.55. The summed E-state index contributed by atoms with van der Waals surface area (Å²) < 4.78 is 6.57. The number of aromatic amines is 1. The number of nitrogens with one attached hydrogen (secondary N) is 2. The SMILES string of the molecule is O=C(NC[C@H]1[C@H]2CN(C3CCCC3)C[C@]23CC[C@H]1O3)c1cc2ccccc2[nH]1. The lowest BCUT2D eigenvalue weighted by Crippen LogP contribution is -2.42. The van der Waals surface area contributed by atoms with E-state index in [0.29, 0.717) is 23.6 Å². The molecule has 5 nitrogen and oxygen atoms in total. The molecule has 4 fully saturated rings. The Bertz CT molecular complexity index is 869. The van der Waals surface area contributed by atoms with Gasteiger partial charge in [-0.15, -0.1) is 0 Å². The number of rotatable bonds is 4. The van der Waals surface area contributed by atoms with Crippen molar-refractivity contribution in [1.82, 2.24) is 15.2 Å². The Morgan fingerprint density at radius 2 is 2.11 bits per heavy atom. The topological polar surface area (TPSA) is 57.4 Å². The average Bonchev–Trinajstić information content (AvgIpc) is 3.51. The number of amides is 1. The van der Waals surface area contributed by atoms with E-state index in [2.05, 4.69) is 15.2 Å². The van der Waals surface area contributed by atoms with Gasteiger partial charge in [-0.2, -0.15) is 0 Å². The number of hydrogen-bond acceptors (Lipinski definition) is 3. The van der Waals surface area contributed by atoms with Crippen LogP contribution in [0.1, 0.15) is 49.0 Å². The molecule has 1 aliphatic carbocycles. The summed E-state index contributed by atoms with van der Waals surface area (Å²) in [5, 5.41) is 4.29. The van der Waals surface area contributed by atoms with Crippen LogP contribution >= 0.6 is 0 Å². The van der Waals surface area contributed by atoms with Crippen molar-refractivity contribution in [2.24, 2.45) is 11.8 Å². The lowest BCUT2D eigenvalue weighted by atomic mass is 9.73. The van der Waals surface area contributed by atoms with Crippen molar-refractivity contribution in [1.29, 1.82) is 0 Å². The average molecular weight is 380 g/mol. The van der Waals surface area contributed by atoms with Crippen LogP contribution < -0.4 is 5.32 Å². The van der Waals surface area contributed by atoms with E-state index in [4.69, 9.17) is 4.74 Å². The molecule has 3 saturated heterocycles. The van der Waals surface area contributed by atoms with Crippen LogP contribution in [0, 0.1) is 11.8 Å². The van der Waals surface area contributed by atoms with Crippen molar-refractivity contribution >= 4 is 16.8 Å². The summed E-state index contributed by atoms with van der Waals surface area (Å²) in [6.07, 6.45) is 8.17. The van der Waals surface area contributed by atoms with E-state index in [1.165, 1.54) is 32.1 Å². The maximum atomic E-state index is 12.7. The van der Waals surface area contributed by atoms with Gasteiger partial charge in [0.05, 0.1) is 11.7 Å². The number of hydrogen-bond donors (Lipinski definition) is 2. The van der Waals surface area contributed by atoms with Gasteiger partial charge < -0.3 is 15.0 Å². The van der Waals surface area contributed by atoms with Gasteiger partial charge in [0.25, 0.3) is 5.91 Å². The zero-order valence-electron chi connectivity index (χ0n) is 16.3.